The molecule has 3 nitrogen and oxygen atoms in total. The van der Waals surface area contributed by atoms with Gasteiger partial charge in [-0.05, 0) is 30.9 Å². The predicted octanol–water partition coefficient (Wildman–Crippen LogP) is 1.33. The van der Waals surface area contributed by atoms with E-state index in [1.165, 1.54) is 12.8 Å². The molecule has 1 heterocycles. The number of ether oxygens (including phenoxy) is 1. The second-order valence-corrected chi connectivity index (χ2v) is 3.44. The lowest BCUT2D eigenvalue weighted by molar-refractivity contribution is 0.298. The number of rotatable bonds is 4. The van der Waals surface area contributed by atoms with Crippen molar-refractivity contribution in [3.05, 3.63) is 24.0 Å². The fourth-order valence-corrected chi connectivity index (χ4v) is 1.12. The van der Waals surface area contributed by atoms with Gasteiger partial charge in [-0.1, -0.05) is 0 Å². The van der Waals surface area contributed by atoms with E-state index in [1.54, 1.807) is 6.20 Å². The molecule has 0 atom stereocenters. The normalized spacial score (nSPS) is 15.8. The van der Waals surface area contributed by atoms with E-state index in [0.29, 0.717) is 6.54 Å². The molecule has 1 saturated carbocycles. The molecule has 1 aromatic heterocycles. The second-order valence-electron chi connectivity index (χ2n) is 3.44. The van der Waals surface area contributed by atoms with Crippen molar-refractivity contribution >= 4 is 0 Å². The van der Waals surface area contributed by atoms with Gasteiger partial charge in [-0.15, -0.1) is 0 Å². The minimum Gasteiger partial charge on any atom is -0.492 e. The van der Waals surface area contributed by atoms with Crippen molar-refractivity contribution in [2.24, 2.45) is 11.7 Å². The van der Waals surface area contributed by atoms with Crippen molar-refractivity contribution in [3.8, 4) is 5.75 Å². The Kier molecular flexibility index (Phi) is 2.45. The number of hydrogen-bond donors (Lipinski definition) is 1. The summed E-state index contributed by atoms with van der Waals surface area (Å²) in [6, 6.07) is 3.83. The molecule has 1 aromatic rings. The van der Waals surface area contributed by atoms with Crippen LogP contribution in [0.2, 0.25) is 0 Å². The molecule has 0 radical (unpaired) electrons. The molecule has 1 aliphatic rings. The topological polar surface area (TPSA) is 48.1 Å². The summed E-state index contributed by atoms with van der Waals surface area (Å²) >= 11 is 0. The molecule has 3 heteroatoms. The fourth-order valence-electron chi connectivity index (χ4n) is 1.12. The van der Waals surface area contributed by atoms with Crippen molar-refractivity contribution in [1.82, 2.24) is 4.98 Å². The SMILES string of the molecule is NCc1ccc(OCC2CC2)cn1. The summed E-state index contributed by atoms with van der Waals surface area (Å²) in [4.78, 5) is 4.15. The molecule has 0 spiro atoms. The van der Waals surface area contributed by atoms with E-state index in [-0.39, 0.29) is 0 Å². The summed E-state index contributed by atoms with van der Waals surface area (Å²) in [5.74, 6) is 1.64. The van der Waals surface area contributed by atoms with Gasteiger partial charge in [0.25, 0.3) is 0 Å². The van der Waals surface area contributed by atoms with Gasteiger partial charge in [0.2, 0.25) is 0 Å². The zero-order valence-electron chi connectivity index (χ0n) is 7.57. The Morgan fingerprint density at radius 3 is 2.85 bits per heavy atom. The molecule has 1 aliphatic carbocycles. The molecule has 2 rings (SSSR count). The van der Waals surface area contributed by atoms with E-state index in [1.807, 2.05) is 12.1 Å². The smallest absolute Gasteiger partial charge is 0.137 e. The Bertz CT molecular complexity index is 267. The van der Waals surface area contributed by atoms with Gasteiger partial charge in [0, 0.05) is 6.54 Å². The first-order chi connectivity index (χ1) is 6.38. The fraction of sp³-hybridized carbons (Fsp3) is 0.500. The highest BCUT2D eigenvalue weighted by Crippen LogP contribution is 2.29. The second kappa shape index (κ2) is 3.75. The molecule has 2 N–H and O–H groups in total. The molecule has 0 aromatic carbocycles. The maximum absolute atomic E-state index is 5.53. The monoisotopic (exact) mass is 178 g/mol. The Balaban J connectivity index is 1.88. The van der Waals surface area contributed by atoms with Crippen molar-refractivity contribution in [2.45, 2.75) is 19.4 Å². The first-order valence-corrected chi connectivity index (χ1v) is 4.66. The van der Waals surface area contributed by atoms with Gasteiger partial charge in [-0.2, -0.15) is 0 Å². The summed E-state index contributed by atoms with van der Waals surface area (Å²) in [5.41, 5.74) is 6.33. The molecule has 1 fully saturated rings. The molecule has 0 amide bonds. The van der Waals surface area contributed by atoms with Gasteiger partial charge in [-0.3, -0.25) is 4.98 Å². The van der Waals surface area contributed by atoms with E-state index in [0.717, 1.165) is 24.0 Å². The van der Waals surface area contributed by atoms with Gasteiger partial charge < -0.3 is 10.5 Å². The predicted molar refractivity (Wildman–Crippen MR) is 50.3 cm³/mol. The van der Waals surface area contributed by atoms with Gasteiger partial charge in [0.1, 0.15) is 5.75 Å². The average Bonchev–Trinajstić information content (AvgIpc) is 2.99. The van der Waals surface area contributed by atoms with Gasteiger partial charge in [-0.25, -0.2) is 0 Å². The summed E-state index contributed by atoms with van der Waals surface area (Å²) in [7, 11) is 0. The number of hydrogen-bond acceptors (Lipinski definition) is 3. The highest BCUT2D eigenvalue weighted by molar-refractivity contribution is 5.19. The van der Waals surface area contributed by atoms with Crippen LogP contribution in [0.15, 0.2) is 18.3 Å². The largest absolute Gasteiger partial charge is 0.492 e. The minimum absolute atomic E-state index is 0.489. The van der Waals surface area contributed by atoms with Crippen molar-refractivity contribution in [3.63, 3.8) is 0 Å². The van der Waals surface area contributed by atoms with Crippen molar-refractivity contribution in [1.29, 1.82) is 0 Å². The Labute approximate surface area is 77.9 Å². The molecular formula is C10H14N2O. The third-order valence-electron chi connectivity index (χ3n) is 2.19. The molecule has 13 heavy (non-hydrogen) atoms. The zero-order chi connectivity index (χ0) is 9.10. The molecule has 0 unspecified atom stereocenters. The lowest BCUT2D eigenvalue weighted by Gasteiger charge is -2.04. The zero-order valence-corrected chi connectivity index (χ0v) is 7.57. The Morgan fingerprint density at radius 1 is 1.46 bits per heavy atom. The van der Waals surface area contributed by atoms with E-state index in [9.17, 15) is 0 Å². The van der Waals surface area contributed by atoms with Crippen LogP contribution in [-0.4, -0.2) is 11.6 Å². The number of aromatic nitrogens is 1. The Morgan fingerprint density at radius 2 is 2.31 bits per heavy atom. The van der Waals surface area contributed by atoms with Crippen LogP contribution in [0.5, 0.6) is 5.75 Å². The molecule has 70 valence electrons. The number of nitrogens with two attached hydrogens (primary N) is 1. The molecule has 0 aliphatic heterocycles. The minimum atomic E-state index is 0.489. The van der Waals surface area contributed by atoms with E-state index >= 15 is 0 Å². The van der Waals surface area contributed by atoms with Crippen LogP contribution in [-0.2, 0) is 6.54 Å². The summed E-state index contributed by atoms with van der Waals surface area (Å²) < 4.78 is 5.53. The summed E-state index contributed by atoms with van der Waals surface area (Å²) in [5, 5.41) is 0. The van der Waals surface area contributed by atoms with Crippen LogP contribution < -0.4 is 10.5 Å². The van der Waals surface area contributed by atoms with Crippen molar-refractivity contribution < 1.29 is 4.74 Å². The highest BCUT2D eigenvalue weighted by Gasteiger charge is 2.21. The first-order valence-electron chi connectivity index (χ1n) is 4.66. The van der Waals surface area contributed by atoms with E-state index < -0.39 is 0 Å². The van der Waals surface area contributed by atoms with Crippen LogP contribution in [0.4, 0.5) is 0 Å². The van der Waals surface area contributed by atoms with Crippen LogP contribution in [0.25, 0.3) is 0 Å². The highest BCUT2D eigenvalue weighted by atomic mass is 16.5. The van der Waals surface area contributed by atoms with Crippen LogP contribution in [0.3, 0.4) is 0 Å². The van der Waals surface area contributed by atoms with Gasteiger partial charge in [0.05, 0.1) is 18.5 Å². The summed E-state index contributed by atoms with van der Waals surface area (Å²) in [6.45, 7) is 1.33. The van der Waals surface area contributed by atoms with Gasteiger partial charge >= 0.3 is 0 Å². The maximum atomic E-state index is 5.53. The average molecular weight is 178 g/mol. The number of nitrogens with zero attached hydrogens (tertiary/aromatic N) is 1. The quantitative estimate of drug-likeness (QED) is 0.756. The maximum Gasteiger partial charge on any atom is 0.137 e. The van der Waals surface area contributed by atoms with Gasteiger partial charge in [0.15, 0.2) is 0 Å². The Hall–Kier alpha value is -1.09. The third-order valence-corrected chi connectivity index (χ3v) is 2.19. The van der Waals surface area contributed by atoms with E-state index in [4.69, 9.17) is 10.5 Å². The van der Waals surface area contributed by atoms with Crippen molar-refractivity contribution in [2.75, 3.05) is 6.61 Å². The summed E-state index contributed by atoms with van der Waals surface area (Å²) in [6.07, 6.45) is 4.37. The number of pyridine rings is 1. The molecular weight excluding hydrogens is 164 g/mol. The van der Waals surface area contributed by atoms with E-state index in [2.05, 4.69) is 4.98 Å². The lowest BCUT2D eigenvalue weighted by atomic mass is 10.3. The molecule has 0 bridgehead atoms. The van der Waals surface area contributed by atoms with Crippen LogP contribution in [0, 0.1) is 5.92 Å². The van der Waals surface area contributed by atoms with Crippen LogP contribution in [0.1, 0.15) is 18.5 Å². The third kappa shape index (κ3) is 2.42. The van der Waals surface area contributed by atoms with Crippen LogP contribution >= 0.6 is 0 Å². The molecule has 0 saturated heterocycles. The standard InChI is InChI=1S/C10H14N2O/c11-5-9-3-4-10(6-12-9)13-7-8-1-2-8/h3-4,6,8H,1-2,5,7,11H2. The lowest BCUT2D eigenvalue weighted by Crippen LogP contribution is -2.02. The first kappa shape index (κ1) is 8.51.